The molecule has 1 atom stereocenters. The van der Waals surface area contributed by atoms with Crippen LogP contribution >= 0.6 is 45.9 Å². The number of nitrogens with zero attached hydrogens (tertiary/aromatic N) is 3. The Kier molecular flexibility index (Phi) is 20.9. The number of anilines is 4. The van der Waals surface area contributed by atoms with Crippen LogP contribution in [-0.4, -0.2) is 80.1 Å². The van der Waals surface area contributed by atoms with Gasteiger partial charge < -0.3 is 45.8 Å². The number of sulfonamides is 2. The Hall–Kier alpha value is -5.80. The number of ether oxygens (including phenoxy) is 1. The largest absolute Gasteiger partial charge is 1.00 e. The number of halogens is 4. The molecule has 0 aliphatic carbocycles. The maximum atomic E-state index is 14.1. The average Bonchev–Trinajstić information content (AvgIpc) is 4.14. The molecule has 9 rings (SSSR count). The van der Waals surface area contributed by atoms with Crippen molar-refractivity contribution in [1.82, 2.24) is 23.8 Å². The Balaban J connectivity index is 0.000000246. The quantitative estimate of drug-likeness (QED) is 0.0861. The summed E-state index contributed by atoms with van der Waals surface area (Å²) >= 11 is 13.0. The molecule has 8 aromatic rings. The zero-order chi connectivity index (χ0) is 53.6. The van der Waals surface area contributed by atoms with Crippen molar-refractivity contribution in [2.45, 2.75) is 35.0 Å². The van der Waals surface area contributed by atoms with Gasteiger partial charge in [0.15, 0.2) is 12.3 Å². The molecular weight excluding hydrogens is 1150 g/mol. The number of hydrogen-bond acceptors (Lipinski definition) is 16. The van der Waals surface area contributed by atoms with Gasteiger partial charge in [-0.1, -0.05) is 42.8 Å². The van der Waals surface area contributed by atoms with Gasteiger partial charge in [-0.05, 0) is 97.0 Å². The molecule has 0 bridgehead atoms. The standard InChI is InChI=1S/2C20H15ClFN5O5S2.C4H8O2.CH4.K/c2*1-23-15-9-14-12(8-13(15)22)18(28)27(20(30)25-14)11-4-2-10(3-5-11)24-19(29)26-34(31,32)17-7-6-16(21)33-17;5-4-2-1-3-6-4;;/h2-9H,1H3,(H4,23,24,25,26,28,29,30);2-9,23H,1H3,(H,25,30)(H2,24,26,29);4-5H,1-3H2;1H4;/q;;;;+1/p-1. The van der Waals surface area contributed by atoms with Crippen LogP contribution in [0.1, 0.15) is 20.3 Å². The third-order valence-corrected chi connectivity index (χ3v) is 16.2. The molecule has 1 saturated heterocycles. The molecular formula is C45H41Cl2F2KN10O12S4. The topological polar surface area (TPSA) is 316 Å². The van der Waals surface area contributed by atoms with Crippen LogP contribution in [0, 0.1) is 11.6 Å². The predicted molar refractivity (Wildman–Crippen MR) is 285 cm³/mol. The first kappa shape index (κ1) is 61.1. The number of aromatic nitrogens is 4. The fourth-order valence-corrected chi connectivity index (χ4v) is 11.5. The van der Waals surface area contributed by atoms with Gasteiger partial charge in [0.2, 0.25) is 10.0 Å². The Morgan fingerprint density at radius 2 is 1.16 bits per heavy atom. The summed E-state index contributed by atoms with van der Waals surface area (Å²) in [6.07, 6.45) is 1.38. The van der Waals surface area contributed by atoms with Gasteiger partial charge in [0.05, 0.1) is 53.2 Å². The smallest absolute Gasteiger partial charge is 0.424 e. The minimum Gasteiger partial charge on any atom is -0.424 e. The number of urea groups is 2. The maximum absolute atomic E-state index is 14.1. The number of aromatic amines is 2. The van der Waals surface area contributed by atoms with Gasteiger partial charge in [0.25, 0.3) is 21.1 Å². The number of carbonyl (C=O) groups is 2. The minimum absolute atomic E-state index is 0. The van der Waals surface area contributed by atoms with E-state index in [9.17, 15) is 54.4 Å². The summed E-state index contributed by atoms with van der Waals surface area (Å²) in [7, 11) is -5.32. The number of fused-ring (bicyclic) bond motifs is 2. The normalized spacial score (nSPS) is 12.9. The maximum Gasteiger partial charge on any atom is 1.00 e. The number of rotatable bonds is 10. The molecule has 76 heavy (non-hydrogen) atoms. The second-order valence-electron chi connectivity index (χ2n) is 15.1. The van der Waals surface area contributed by atoms with Crippen LogP contribution in [0.4, 0.5) is 41.1 Å². The van der Waals surface area contributed by atoms with Crippen LogP contribution in [0.2, 0.25) is 8.67 Å². The molecule has 22 nitrogen and oxygen atoms in total. The number of nitrogens with one attached hydrogen (secondary N) is 7. The Bertz CT molecular complexity index is 3680. The van der Waals surface area contributed by atoms with Crippen molar-refractivity contribution in [3.05, 3.63) is 164 Å². The molecule has 0 radical (unpaired) electrons. The van der Waals surface area contributed by atoms with E-state index in [4.69, 9.17) is 33.0 Å². The molecule has 4 amide bonds. The van der Waals surface area contributed by atoms with Gasteiger partial charge in [0, 0.05) is 32.8 Å². The van der Waals surface area contributed by atoms with E-state index in [-0.39, 0.29) is 132 Å². The molecule has 31 heteroatoms. The Labute approximate surface area is 490 Å². The Morgan fingerprint density at radius 3 is 1.54 bits per heavy atom. The number of hydrogen-bond donors (Lipinski definition) is 8. The number of amides is 4. The van der Waals surface area contributed by atoms with Crippen molar-refractivity contribution >= 4 is 123 Å². The van der Waals surface area contributed by atoms with Crippen molar-refractivity contribution in [1.29, 1.82) is 0 Å². The Morgan fingerprint density at radius 1 is 0.711 bits per heavy atom. The van der Waals surface area contributed by atoms with Gasteiger partial charge in [-0.25, -0.2) is 53.9 Å². The molecule has 396 valence electrons. The second kappa shape index (κ2) is 26.0. The van der Waals surface area contributed by atoms with E-state index in [0.717, 1.165) is 63.4 Å². The molecule has 4 aromatic heterocycles. The van der Waals surface area contributed by atoms with Crippen LogP contribution in [0.15, 0.2) is 125 Å². The van der Waals surface area contributed by atoms with E-state index in [1.54, 1.807) is 0 Å². The minimum atomic E-state index is -4.23. The van der Waals surface area contributed by atoms with Gasteiger partial charge in [0.1, 0.15) is 20.1 Å². The first-order valence-corrected chi connectivity index (χ1v) is 26.4. The van der Waals surface area contributed by atoms with Crippen molar-refractivity contribution in [3.63, 3.8) is 0 Å². The molecule has 1 fully saturated rings. The molecule has 0 spiro atoms. The first-order valence-electron chi connectivity index (χ1n) is 21.0. The summed E-state index contributed by atoms with van der Waals surface area (Å²) in [5.41, 5.74) is -1.76. The van der Waals surface area contributed by atoms with E-state index in [0.29, 0.717) is 0 Å². The van der Waals surface area contributed by atoms with E-state index in [2.05, 4.69) is 36.0 Å². The van der Waals surface area contributed by atoms with Crippen LogP contribution in [0.5, 0.6) is 0 Å². The fraction of sp³-hybridized carbons (Fsp3) is 0.156. The van der Waals surface area contributed by atoms with Crippen molar-refractivity contribution in [2.75, 3.05) is 42.0 Å². The van der Waals surface area contributed by atoms with Gasteiger partial charge >= 0.3 is 68.8 Å². The average molecular weight is 1190 g/mol. The summed E-state index contributed by atoms with van der Waals surface area (Å²) in [6, 6.07) is 18.6. The summed E-state index contributed by atoms with van der Waals surface area (Å²) in [5.74, 6) is -1.32. The summed E-state index contributed by atoms with van der Waals surface area (Å²) < 4.78 is 88.5. The van der Waals surface area contributed by atoms with E-state index in [1.165, 1.54) is 99.0 Å². The van der Waals surface area contributed by atoms with Gasteiger partial charge in [-0.15, -0.1) is 22.7 Å². The van der Waals surface area contributed by atoms with Crippen molar-refractivity contribution < 1.29 is 96.4 Å². The number of H-pyrrole nitrogens is 2. The van der Waals surface area contributed by atoms with E-state index in [1.807, 2.05) is 4.72 Å². The summed E-state index contributed by atoms with van der Waals surface area (Å²) in [4.78, 5) is 80.0. The van der Waals surface area contributed by atoms with Crippen LogP contribution in [0.25, 0.3) is 37.9 Å². The number of thiophene rings is 2. The fourth-order valence-electron chi connectivity index (χ4n) is 6.78. The van der Waals surface area contributed by atoms with E-state index >= 15 is 0 Å². The van der Waals surface area contributed by atoms with Crippen LogP contribution < -0.4 is 99.9 Å². The van der Waals surface area contributed by atoms with Crippen LogP contribution in [0.3, 0.4) is 0 Å². The van der Waals surface area contributed by atoms with Crippen molar-refractivity contribution in [3.8, 4) is 11.4 Å². The molecule has 1 unspecified atom stereocenters. The summed E-state index contributed by atoms with van der Waals surface area (Å²) in [5, 5.41) is 18.3. The SMILES string of the molecule is C.CNc1cc2[nH]c(=O)n(-c3ccc(NC(=O)NS(=O)(=O)c4ccc(Cl)s4)cc3)c(=O)c2cc1F.CNc1cc2[nH]c(=O)n(-c3ccc(NC(=O)[N-]S(=O)(=O)c4ccc(Cl)s4)cc3)c(=O)c2cc1F.OC1CCCO1.[K+]. The number of carbonyl (C=O) groups excluding carboxylic acids is 2. The molecule has 0 saturated carbocycles. The predicted octanol–water partition coefficient (Wildman–Crippen LogP) is 4.71. The monoisotopic (exact) mass is 1190 g/mol. The summed E-state index contributed by atoms with van der Waals surface area (Å²) in [6.45, 7) is 0.737. The number of aliphatic hydroxyl groups is 1. The van der Waals surface area contributed by atoms with E-state index < -0.39 is 72.5 Å². The molecule has 4 aromatic carbocycles. The van der Waals surface area contributed by atoms with Crippen LogP contribution in [-0.2, 0) is 24.8 Å². The molecule has 1 aliphatic heterocycles. The third-order valence-electron chi connectivity index (χ3n) is 10.2. The zero-order valence-corrected chi connectivity index (χ0v) is 46.8. The number of aliphatic hydroxyl groups excluding tert-OH is 1. The molecule has 8 N–H and O–H groups in total. The number of benzene rings is 4. The third kappa shape index (κ3) is 14.6. The van der Waals surface area contributed by atoms with Crippen molar-refractivity contribution in [2.24, 2.45) is 0 Å². The van der Waals surface area contributed by atoms with Gasteiger partial charge in [-0.2, -0.15) is 0 Å². The second-order valence-corrected chi connectivity index (χ2v) is 22.3. The first-order chi connectivity index (χ1) is 35.1. The molecule has 1 aliphatic rings. The molecule has 5 heterocycles. The van der Waals surface area contributed by atoms with Gasteiger partial charge in [-0.3, -0.25) is 14.4 Å². The zero-order valence-electron chi connectivity index (χ0n) is 38.9.